The monoisotopic (exact) mass is 355 g/mol. The largest absolute Gasteiger partial charge is 0.494 e. The lowest BCUT2D eigenvalue weighted by Crippen LogP contribution is -2.54. The zero-order chi connectivity index (χ0) is 17.7. The van der Waals surface area contributed by atoms with E-state index in [4.69, 9.17) is 4.74 Å². The zero-order valence-electron chi connectivity index (χ0n) is 14.4. The molecule has 8 heteroatoms. The second kappa shape index (κ2) is 7.96. The van der Waals surface area contributed by atoms with Gasteiger partial charge < -0.3 is 10.1 Å². The number of ether oxygens (including phenoxy) is 1. The third kappa shape index (κ3) is 4.06. The summed E-state index contributed by atoms with van der Waals surface area (Å²) in [4.78, 5) is 14.0. The smallest absolute Gasteiger partial charge is 0.243 e. The Balaban J connectivity index is 2.03. The molecule has 0 aromatic heterocycles. The van der Waals surface area contributed by atoms with E-state index in [0.29, 0.717) is 38.5 Å². The third-order valence-electron chi connectivity index (χ3n) is 4.22. The van der Waals surface area contributed by atoms with E-state index in [1.54, 1.807) is 31.3 Å². The minimum Gasteiger partial charge on any atom is -0.494 e. The molecule has 0 aliphatic carbocycles. The van der Waals surface area contributed by atoms with Crippen molar-refractivity contribution < 1.29 is 17.9 Å². The predicted octanol–water partition coefficient (Wildman–Crippen LogP) is 0.526. The van der Waals surface area contributed by atoms with E-state index in [2.05, 4.69) is 5.32 Å². The number of hydrogen-bond acceptors (Lipinski definition) is 5. The second-order valence-electron chi connectivity index (χ2n) is 5.63. The Morgan fingerprint density at radius 1 is 1.21 bits per heavy atom. The van der Waals surface area contributed by atoms with Crippen LogP contribution in [0.3, 0.4) is 0 Å². The summed E-state index contributed by atoms with van der Waals surface area (Å²) in [5.41, 5.74) is 0. The second-order valence-corrected chi connectivity index (χ2v) is 7.57. The fourth-order valence-electron chi connectivity index (χ4n) is 2.73. The molecule has 1 aliphatic heterocycles. The summed E-state index contributed by atoms with van der Waals surface area (Å²) in [7, 11) is -1.92. The third-order valence-corrected chi connectivity index (χ3v) is 6.13. The molecule has 1 aliphatic rings. The molecule has 1 heterocycles. The van der Waals surface area contributed by atoms with Gasteiger partial charge in [-0.25, -0.2) is 8.42 Å². The van der Waals surface area contributed by atoms with Crippen molar-refractivity contribution in [1.29, 1.82) is 0 Å². The highest BCUT2D eigenvalue weighted by Crippen LogP contribution is 2.21. The van der Waals surface area contributed by atoms with Crippen LogP contribution in [0.2, 0.25) is 0 Å². The van der Waals surface area contributed by atoms with Gasteiger partial charge in [0.1, 0.15) is 5.75 Å². The van der Waals surface area contributed by atoms with E-state index in [0.717, 1.165) is 0 Å². The summed E-state index contributed by atoms with van der Waals surface area (Å²) >= 11 is 0. The first-order chi connectivity index (χ1) is 11.4. The van der Waals surface area contributed by atoms with Crippen LogP contribution in [0.15, 0.2) is 29.2 Å². The highest BCUT2D eigenvalue weighted by molar-refractivity contribution is 7.89. The molecule has 24 heavy (non-hydrogen) atoms. The molecule has 1 amide bonds. The van der Waals surface area contributed by atoms with E-state index in [9.17, 15) is 13.2 Å². The van der Waals surface area contributed by atoms with E-state index < -0.39 is 10.0 Å². The Morgan fingerprint density at radius 3 is 2.29 bits per heavy atom. The van der Waals surface area contributed by atoms with Crippen LogP contribution in [0.1, 0.15) is 13.8 Å². The number of nitrogens with one attached hydrogen (secondary N) is 1. The highest BCUT2D eigenvalue weighted by atomic mass is 32.2. The van der Waals surface area contributed by atoms with Crippen molar-refractivity contribution in [3.05, 3.63) is 24.3 Å². The summed E-state index contributed by atoms with van der Waals surface area (Å²) in [5, 5.41) is 2.62. The fourth-order valence-corrected chi connectivity index (χ4v) is 4.15. The molecule has 0 unspecified atom stereocenters. The van der Waals surface area contributed by atoms with Gasteiger partial charge in [0, 0.05) is 33.2 Å². The van der Waals surface area contributed by atoms with Crippen LogP contribution in [0.25, 0.3) is 0 Å². The van der Waals surface area contributed by atoms with E-state index in [-0.39, 0.29) is 16.8 Å². The molecule has 2 rings (SSSR count). The molecule has 1 N–H and O–H groups in total. The number of carbonyl (C=O) groups excluding carboxylic acids is 1. The van der Waals surface area contributed by atoms with Crippen molar-refractivity contribution in [2.45, 2.75) is 24.8 Å². The van der Waals surface area contributed by atoms with Crippen LogP contribution in [-0.4, -0.2) is 69.4 Å². The van der Waals surface area contributed by atoms with Crippen molar-refractivity contribution >= 4 is 15.9 Å². The van der Waals surface area contributed by atoms with Crippen LogP contribution < -0.4 is 10.1 Å². The average Bonchev–Trinajstić information content (AvgIpc) is 2.61. The number of likely N-dealkylation sites (N-methyl/N-ethyl adjacent to an activating group) is 1. The maximum Gasteiger partial charge on any atom is 0.243 e. The van der Waals surface area contributed by atoms with Gasteiger partial charge in [-0.2, -0.15) is 4.31 Å². The Morgan fingerprint density at radius 2 is 1.79 bits per heavy atom. The van der Waals surface area contributed by atoms with Crippen LogP contribution in [0, 0.1) is 0 Å². The lowest BCUT2D eigenvalue weighted by Gasteiger charge is -2.36. The number of hydrogen-bond donors (Lipinski definition) is 1. The van der Waals surface area contributed by atoms with E-state index in [1.807, 2.05) is 18.7 Å². The maximum absolute atomic E-state index is 12.7. The molecule has 0 bridgehead atoms. The summed E-state index contributed by atoms with van der Waals surface area (Å²) in [5.74, 6) is 0.596. The van der Waals surface area contributed by atoms with Gasteiger partial charge in [-0.1, -0.05) is 0 Å². The number of sulfonamides is 1. The van der Waals surface area contributed by atoms with Gasteiger partial charge in [-0.05, 0) is 38.1 Å². The summed E-state index contributed by atoms with van der Waals surface area (Å²) in [6, 6.07) is 6.21. The molecule has 1 aromatic rings. The molecular weight excluding hydrogens is 330 g/mol. The lowest BCUT2D eigenvalue weighted by atomic mass is 10.2. The van der Waals surface area contributed by atoms with Crippen molar-refractivity contribution in [2.24, 2.45) is 0 Å². The normalized spacial score (nSPS) is 18.1. The summed E-state index contributed by atoms with van der Waals surface area (Å²) < 4.78 is 32.2. The number of nitrogens with zero attached hydrogens (tertiary/aromatic N) is 2. The molecule has 1 fully saturated rings. The van der Waals surface area contributed by atoms with Crippen LogP contribution in [-0.2, 0) is 14.8 Å². The zero-order valence-corrected chi connectivity index (χ0v) is 15.2. The van der Waals surface area contributed by atoms with Crippen LogP contribution >= 0.6 is 0 Å². The van der Waals surface area contributed by atoms with E-state index in [1.165, 1.54) is 4.31 Å². The number of amides is 1. The van der Waals surface area contributed by atoms with Crippen molar-refractivity contribution in [2.75, 3.05) is 39.8 Å². The Hall–Kier alpha value is -1.64. The Kier molecular flexibility index (Phi) is 6.20. The minimum atomic E-state index is -3.52. The van der Waals surface area contributed by atoms with Gasteiger partial charge in [0.05, 0.1) is 17.5 Å². The Bertz CT molecular complexity index is 652. The van der Waals surface area contributed by atoms with E-state index >= 15 is 0 Å². The molecule has 0 saturated carbocycles. The highest BCUT2D eigenvalue weighted by Gasteiger charge is 2.31. The molecule has 7 nitrogen and oxygen atoms in total. The topological polar surface area (TPSA) is 79.0 Å². The van der Waals surface area contributed by atoms with Crippen molar-refractivity contribution in [3.8, 4) is 5.75 Å². The van der Waals surface area contributed by atoms with Crippen LogP contribution in [0.4, 0.5) is 0 Å². The number of piperazine rings is 1. The standard InChI is InChI=1S/C16H25N3O4S/c1-4-23-14-5-7-15(8-6-14)24(21,22)19-11-9-18(10-12-19)13(2)16(20)17-3/h5-8,13H,4,9-12H2,1-3H3,(H,17,20)/t13-/m1/s1. The van der Waals surface area contributed by atoms with Crippen molar-refractivity contribution in [1.82, 2.24) is 14.5 Å². The van der Waals surface area contributed by atoms with Gasteiger partial charge >= 0.3 is 0 Å². The van der Waals surface area contributed by atoms with Gasteiger partial charge in [0.15, 0.2) is 0 Å². The van der Waals surface area contributed by atoms with Gasteiger partial charge in [-0.15, -0.1) is 0 Å². The van der Waals surface area contributed by atoms with Gasteiger partial charge in [0.2, 0.25) is 15.9 Å². The minimum absolute atomic E-state index is 0.0576. The SMILES string of the molecule is CCOc1ccc(S(=O)(=O)N2CCN([C@H](C)C(=O)NC)CC2)cc1. The quantitative estimate of drug-likeness (QED) is 0.805. The average molecular weight is 355 g/mol. The molecule has 0 radical (unpaired) electrons. The first kappa shape index (κ1) is 18.7. The fraction of sp³-hybridized carbons (Fsp3) is 0.562. The molecule has 1 atom stereocenters. The molecule has 1 aromatic carbocycles. The van der Waals surface area contributed by atoms with Crippen molar-refractivity contribution in [3.63, 3.8) is 0 Å². The molecule has 134 valence electrons. The van der Waals surface area contributed by atoms with Gasteiger partial charge in [0.25, 0.3) is 0 Å². The lowest BCUT2D eigenvalue weighted by molar-refractivity contribution is -0.125. The maximum atomic E-state index is 12.7. The number of benzene rings is 1. The number of carbonyl (C=O) groups is 1. The summed E-state index contributed by atoms with van der Waals surface area (Å²) in [6.07, 6.45) is 0. The molecule has 1 saturated heterocycles. The van der Waals surface area contributed by atoms with Crippen LogP contribution in [0.5, 0.6) is 5.75 Å². The van der Waals surface area contributed by atoms with Gasteiger partial charge in [-0.3, -0.25) is 9.69 Å². The predicted molar refractivity (Wildman–Crippen MR) is 91.5 cm³/mol. The summed E-state index contributed by atoms with van der Waals surface area (Å²) in [6.45, 7) is 6.06. The Labute approximate surface area is 143 Å². The number of rotatable bonds is 6. The molecular formula is C16H25N3O4S. The first-order valence-corrected chi connectivity index (χ1v) is 9.52. The molecule has 0 spiro atoms. The first-order valence-electron chi connectivity index (χ1n) is 8.08.